The maximum absolute atomic E-state index is 13.0. The van der Waals surface area contributed by atoms with Crippen LogP contribution in [0.3, 0.4) is 0 Å². The fourth-order valence-electron chi connectivity index (χ4n) is 1.44. The van der Waals surface area contributed by atoms with Crippen LogP contribution in [-0.4, -0.2) is 22.5 Å². The van der Waals surface area contributed by atoms with Gasteiger partial charge in [0.2, 0.25) is 5.91 Å². The molecule has 18 heavy (non-hydrogen) atoms. The van der Waals surface area contributed by atoms with Crippen LogP contribution in [0.2, 0.25) is 0 Å². The van der Waals surface area contributed by atoms with E-state index in [1.54, 1.807) is 0 Å². The van der Waals surface area contributed by atoms with E-state index in [1.807, 2.05) is 0 Å². The highest BCUT2D eigenvalue weighted by Crippen LogP contribution is 2.34. The van der Waals surface area contributed by atoms with Crippen LogP contribution in [0.25, 0.3) is 0 Å². The number of carboxylic acid groups (broad SMARTS) is 1. The van der Waals surface area contributed by atoms with E-state index in [-0.39, 0.29) is 5.69 Å². The van der Waals surface area contributed by atoms with Crippen molar-refractivity contribution in [1.82, 2.24) is 0 Å². The van der Waals surface area contributed by atoms with Crippen molar-refractivity contribution in [1.29, 1.82) is 0 Å². The Morgan fingerprint density at radius 2 is 1.83 bits per heavy atom. The Labute approximate surface area is 101 Å². The van der Waals surface area contributed by atoms with E-state index in [1.165, 1.54) is 0 Å². The van der Waals surface area contributed by atoms with Gasteiger partial charge < -0.3 is 16.2 Å². The minimum atomic E-state index is -1.47. The predicted molar refractivity (Wildman–Crippen MR) is 58.1 cm³/mol. The summed E-state index contributed by atoms with van der Waals surface area (Å²) < 4.78 is 26.0. The summed E-state index contributed by atoms with van der Waals surface area (Å²) in [5.74, 6) is -4.60. The molecule has 1 aromatic carbocycles. The summed E-state index contributed by atoms with van der Waals surface area (Å²) in [6.45, 7) is 0. The molecule has 0 aromatic heterocycles. The molecule has 0 bridgehead atoms. The molecule has 1 aliphatic carbocycles. The number of amides is 1. The van der Waals surface area contributed by atoms with Gasteiger partial charge in [0, 0.05) is 6.07 Å². The lowest BCUT2D eigenvalue weighted by molar-refractivity contribution is -0.118. The monoisotopic (exact) mass is 256 g/mol. The maximum atomic E-state index is 13.0. The third-order valence-corrected chi connectivity index (χ3v) is 2.78. The molecule has 1 aromatic rings. The van der Waals surface area contributed by atoms with Gasteiger partial charge in [-0.3, -0.25) is 4.79 Å². The lowest BCUT2D eigenvalue weighted by Gasteiger charge is -2.12. The zero-order chi connectivity index (χ0) is 13.5. The molecule has 4 N–H and O–H groups in total. The molecule has 96 valence electrons. The Kier molecular flexibility index (Phi) is 2.78. The average Bonchev–Trinajstić information content (AvgIpc) is 3.02. The van der Waals surface area contributed by atoms with Gasteiger partial charge in [0.05, 0.1) is 16.8 Å². The Bertz CT molecular complexity index is 541. The largest absolute Gasteiger partial charge is 0.478 e. The number of carboxylic acids is 1. The first-order valence-electron chi connectivity index (χ1n) is 5.16. The van der Waals surface area contributed by atoms with Crippen molar-refractivity contribution in [3.63, 3.8) is 0 Å². The van der Waals surface area contributed by atoms with Crippen LogP contribution in [-0.2, 0) is 4.79 Å². The van der Waals surface area contributed by atoms with Gasteiger partial charge in [-0.2, -0.15) is 0 Å². The van der Waals surface area contributed by atoms with Crippen LogP contribution in [0.15, 0.2) is 12.1 Å². The lowest BCUT2D eigenvalue weighted by atomic mass is 10.1. The number of nitrogens with one attached hydrogen (secondary N) is 1. The van der Waals surface area contributed by atoms with Crippen LogP contribution in [0.5, 0.6) is 0 Å². The third-order valence-electron chi connectivity index (χ3n) is 2.78. The molecule has 5 nitrogen and oxygen atoms in total. The number of aromatic carboxylic acids is 1. The molecule has 7 heteroatoms. The summed E-state index contributed by atoms with van der Waals surface area (Å²) in [7, 11) is 0. The normalized spacial score (nSPS) is 16.2. The van der Waals surface area contributed by atoms with Crippen molar-refractivity contribution in [2.45, 2.75) is 18.4 Å². The average molecular weight is 256 g/mol. The number of halogens is 2. The quantitative estimate of drug-likeness (QED) is 0.754. The van der Waals surface area contributed by atoms with Crippen LogP contribution < -0.4 is 11.1 Å². The zero-order valence-electron chi connectivity index (χ0n) is 9.17. The van der Waals surface area contributed by atoms with E-state index in [9.17, 15) is 18.4 Å². The number of hydrogen-bond donors (Lipinski definition) is 3. The number of carbonyl (C=O) groups excluding carboxylic acids is 1. The van der Waals surface area contributed by atoms with Gasteiger partial charge in [-0.25, -0.2) is 13.6 Å². The Morgan fingerprint density at radius 1 is 1.28 bits per heavy atom. The summed E-state index contributed by atoms with van der Waals surface area (Å²) in [5.41, 5.74) is 3.75. The minimum Gasteiger partial charge on any atom is -0.478 e. The maximum Gasteiger partial charge on any atom is 0.337 e. The molecule has 0 spiro atoms. The fourth-order valence-corrected chi connectivity index (χ4v) is 1.44. The highest BCUT2D eigenvalue weighted by Gasteiger charge is 2.46. The van der Waals surface area contributed by atoms with Gasteiger partial charge >= 0.3 is 5.97 Å². The van der Waals surface area contributed by atoms with Crippen molar-refractivity contribution in [2.24, 2.45) is 5.73 Å². The van der Waals surface area contributed by atoms with Crippen LogP contribution in [0.1, 0.15) is 23.2 Å². The highest BCUT2D eigenvalue weighted by atomic mass is 19.2. The molecule has 2 rings (SSSR count). The second-order valence-electron chi connectivity index (χ2n) is 4.23. The molecule has 0 atom stereocenters. The smallest absolute Gasteiger partial charge is 0.337 e. The molecule has 0 aliphatic heterocycles. The molecular weight excluding hydrogens is 246 g/mol. The first-order valence-corrected chi connectivity index (χ1v) is 5.16. The van der Waals surface area contributed by atoms with E-state index in [2.05, 4.69) is 5.32 Å². The number of carbonyl (C=O) groups is 2. The van der Waals surface area contributed by atoms with Crippen molar-refractivity contribution in [3.8, 4) is 0 Å². The molecule has 0 saturated heterocycles. The summed E-state index contributed by atoms with van der Waals surface area (Å²) in [6.07, 6.45) is 0.954. The first kappa shape index (κ1) is 12.4. The van der Waals surface area contributed by atoms with Crippen LogP contribution in [0, 0.1) is 11.6 Å². The van der Waals surface area contributed by atoms with E-state index >= 15 is 0 Å². The topological polar surface area (TPSA) is 92.4 Å². The minimum absolute atomic E-state index is 0.303. The number of nitrogens with two attached hydrogens (primary N) is 1. The standard InChI is InChI=1S/C11H10F2N2O3/c12-6-3-5(9(16)17)8(4-7(6)13)15-10(18)11(14)1-2-11/h3-4H,1-2,14H2,(H,15,18)(H,16,17). The van der Waals surface area contributed by atoms with Crippen molar-refractivity contribution in [2.75, 3.05) is 5.32 Å². The molecule has 1 aliphatic rings. The molecular formula is C11H10F2N2O3. The molecule has 0 radical (unpaired) electrons. The van der Waals surface area contributed by atoms with Gasteiger partial charge in [-0.1, -0.05) is 0 Å². The van der Waals surface area contributed by atoms with Gasteiger partial charge in [0.15, 0.2) is 11.6 Å². The van der Waals surface area contributed by atoms with Crippen molar-refractivity contribution >= 4 is 17.6 Å². The summed E-state index contributed by atoms with van der Waals surface area (Å²) in [6, 6.07) is 1.14. The second-order valence-corrected chi connectivity index (χ2v) is 4.23. The molecule has 1 amide bonds. The van der Waals surface area contributed by atoms with Gasteiger partial charge in [0.1, 0.15) is 0 Å². The van der Waals surface area contributed by atoms with E-state index in [0.717, 1.165) is 0 Å². The molecule has 0 heterocycles. The Balaban J connectivity index is 2.34. The zero-order valence-corrected chi connectivity index (χ0v) is 9.17. The summed E-state index contributed by atoms with van der Waals surface area (Å²) in [4.78, 5) is 22.5. The molecule has 1 fully saturated rings. The lowest BCUT2D eigenvalue weighted by Crippen LogP contribution is -2.38. The number of benzene rings is 1. The predicted octanol–water partition coefficient (Wildman–Crippen LogP) is 1.09. The van der Waals surface area contributed by atoms with Gasteiger partial charge in [0.25, 0.3) is 0 Å². The van der Waals surface area contributed by atoms with Crippen molar-refractivity contribution < 1.29 is 23.5 Å². The second kappa shape index (κ2) is 4.02. The molecule has 1 saturated carbocycles. The SMILES string of the molecule is NC1(C(=O)Nc2cc(F)c(F)cc2C(=O)O)CC1. The van der Waals surface area contributed by atoms with Gasteiger partial charge in [-0.05, 0) is 18.9 Å². The number of hydrogen-bond acceptors (Lipinski definition) is 3. The summed E-state index contributed by atoms with van der Waals surface area (Å²) in [5, 5.41) is 11.1. The third kappa shape index (κ3) is 2.17. The number of anilines is 1. The number of rotatable bonds is 3. The highest BCUT2D eigenvalue weighted by molar-refractivity contribution is 6.04. The Hall–Kier alpha value is -2.02. The van der Waals surface area contributed by atoms with E-state index < -0.39 is 34.6 Å². The first-order chi connectivity index (χ1) is 8.33. The van der Waals surface area contributed by atoms with Crippen LogP contribution in [0.4, 0.5) is 14.5 Å². The van der Waals surface area contributed by atoms with E-state index in [0.29, 0.717) is 25.0 Å². The van der Waals surface area contributed by atoms with Gasteiger partial charge in [-0.15, -0.1) is 0 Å². The molecule has 0 unspecified atom stereocenters. The van der Waals surface area contributed by atoms with Crippen LogP contribution >= 0.6 is 0 Å². The summed E-state index contributed by atoms with van der Waals surface area (Å²) >= 11 is 0. The van der Waals surface area contributed by atoms with E-state index in [4.69, 9.17) is 10.8 Å². The van der Waals surface area contributed by atoms with Crippen molar-refractivity contribution in [3.05, 3.63) is 29.3 Å². The fraction of sp³-hybridized carbons (Fsp3) is 0.273. The Morgan fingerprint density at radius 3 is 2.33 bits per heavy atom.